The molecule has 0 aromatic carbocycles. The summed E-state index contributed by atoms with van der Waals surface area (Å²) < 4.78 is 0. The van der Waals surface area contributed by atoms with Crippen LogP contribution in [0, 0.1) is 17.8 Å². The Balaban J connectivity index is 2.39. The van der Waals surface area contributed by atoms with Gasteiger partial charge in [-0.1, -0.05) is 26.7 Å². The zero-order valence-corrected chi connectivity index (χ0v) is 12.4. The summed E-state index contributed by atoms with van der Waals surface area (Å²) in [4.78, 5) is 2.59. The molecule has 0 aromatic rings. The average Bonchev–Trinajstić information content (AvgIpc) is 2.25. The van der Waals surface area contributed by atoms with Crippen molar-refractivity contribution in [3.63, 3.8) is 0 Å². The lowest BCUT2D eigenvalue weighted by Gasteiger charge is -2.44. The molecule has 0 amide bonds. The smallest absolute Gasteiger partial charge is 0.0545 e. The zero-order valence-electron chi connectivity index (χ0n) is 11.6. The third-order valence-electron chi connectivity index (χ3n) is 3.45. The first-order valence-corrected chi connectivity index (χ1v) is 7.59. The molecule has 0 aromatic heterocycles. The fourth-order valence-corrected chi connectivity index (χ4v) is 2.75. The normalized spacial score (nSPS) is 26.8. The molecular formula is C14H26N2S. The Morgan fingerprint density at radius 3 is 2.76 bits per heavy atom. The second-order valence-corrected chi connectivity index (χ2v) is 7.03. The minimum absolute atomic E-state index is 0.338. The van der Waals surface area contributed by atoms with E-state index in [4.69, 9.17) is 6.42 Å². The van der Waals surface area contributed by atoms with Gasteiger partial charge in [0.25, 0.3) is 0 Å². The van der Waals surface area contributed by atoms with Gasteiger partial charge in [0.1, 0.15) is 0 Å². The van der Waals surface area contributed by atoms with Crippen molar-refractivity contribution in [1.29, 1.82) is 0 Å². The Bertz CT molecular complexity index is 264. The molecule has 1 N–H and O–H groups in total. The van der Waals surface area contributed by atoms with Crippen molar-refractivity contribution in [2.45, 2.75) is 39.8 Å². The molecule has 0 saturated carbocycles. The third kappa shape index (κ3) is 4.91. The predicted molar refractivity (Wildman–Crippen MR) is 78.4 cm³/mol. The van der Waals surface area contributed by atoms with Gasteiger partial charge in [0.2, 0.25) is 0 Å². The van der Waals surface area contributed by atoms with Crippen molar-refractivity contribution in [1.82, 2.24) is 10.2 Å². The van der Waals surface area contributed by atoms with E-state index in [1.165, 1.54) is 0 Å². The number of nitrogens with one attached hydrogen (secondary N) is 1. The van der Waals surface area contributed by atoms with Crippen molar-refractivity contribution >= 4 is 11.8 Å². The Morgan fingerprint density at radius 1 is 1.47 bits per heavy atom. The maximum Gasteiger partial charge on any atom is 0.0545 e. The minimum Gasteiger partial charge on any atom is -0.311 e. The molecule has 0 spiro atoms. The average molecular weight is 254 g/mol. The van der Waals surface area contributed by atoms with Crippen molar-refractivity contribution in [3.05, 3.63) is 0 Å². The van der Waals surface area contributed by atoms with Crippen LogP contribution in [-0.4, -0.2) is 48.1 Å². The lowest BCUT2D eigenvalue weighted by Crippen LogP contribution is -2.59. The SMILES string of the molecule is C#CCSCCN1CC(C(C)(C)C)NCC1C. The second-order valence-electron chi connectivity index (χ2n) is 5.93. The highest BCUT2D eigenvalue weighted by atomic mass is 32.2. The fourth-order valence-electron chi connectivity index (χ4n) is 2.13. The summed E-state index contributed by atoms with van der Waals surface area (Å²) >= 11 is 1.86. The first kappa shape index (κ1) is 14.9. The molecule has 0 bridgehead atoms. The third-order valence-corrected chi connectivity index (χ3v) is 4.30. The highest BCUT2D eigenvalue weighted by Crippen LogP contribution is 2.23. The van der Waals surface area contributed by atoms with Crippen LogP contribution in [0.5, 0.6) is 0 Å². The van der Waals surface area contributed by atoms with Crippen LogP contribution >= 0.6 is 11.8 Å². The molecule has 1 aliphatic rings. The van der Waals surface area contributed by atoms with E-state index in [9.17, 15) is 0 Å². The standard InChI is InChI=1S/C14H26N2S/c1-6-8-17-9-7-16-11-13(14(3,4)5)15-10-12(16)2/h1,12-13,15H,7-11H2,2-5H3. The maximum atomic E-state index is 5.26. The largest absolute Gasteiger partial charge is 0.311 e. The Hall–Kier alpha value is -0.170. The molecule has 0 aliphatic carbocycles. The van der Waals surface area contributed by atoms with Gasteiger partial charge in [0, 0.05) is 37.5 Å². The summed E-state index contributed by atoms with van der Waals surface area (Å²) in [6.45, 7) is 12.6. The molecule has 3 heteroatoms. The fraction of sp³-hybridized carbons (Fsp3) is 0.857. The van der Waals surface area contributed by atoms with E-state index in [2.05, 4.69) is 43.8 Å². The maximum absolute atomic E-state index is 5.26. The highest BCUT2D eigenvalue weighted by molar-refractivity contribution is 7.99. The molecular weight excluding hydrogens is 228 g/mol. The summed E-state index contributed by atoms with van der Waals surface area (Å²) in [6, 6.07) is 1.23. The Labute approximate surface area is 111 Å². The molecule has 2 nitrogen and oxygen atoms in total. The van der Waals surface area contributed by atoms with Crippen LogP contribution in [0.2, 0.25) is 0 Å². The first-order valence-electron chi connectivity index (χ1n) is 6.43. The van der Waals surface area contributed by atoms with Crippen molar-refractivity contribution in [2.24, 2.45) is 5.41 Å². The van der Waals surface area contributed by atoms with E-state index in [1.807, 2.05) is 11.8 Å². The summed E-state index contributed by atoms with van der Waals surface area (Å²) in [7, 11) is 0. The van der Waals surface area contributed by atoms with E-state index >= 15 is 0 Å². The Morgan fingerprint density at radius 2 is 2.18 bits per heavy atom. The van der Waals surface area contributed by atoms with Gasteiger partial charge >= 0.3 is 0 Å². The predicted octanol–water partition coefficient (Wildman–Crippen LogP) is 2.06. The molecule has 2 unspecified atom stereocenters. The van der Waals surface area contributed by atoms with Gasteiger partial charge in [-0.15, -0.1) is 18.2 Å². The lowest BCUT2D eigenvalue weighted by atomic mass is 9.85. The van der Waals surface area contributed by atoms with Crippen molar-refractivity contribution in [2.75, 3.05) is 31.1 Å². The molecule has 2 atom stereocenters. The van der Waals surface area contributed by atoms with Crippen LogP contribution in [0.1, 0.15) is 27.7 Å². The van der Waals surface area contributed by atoms with Gasteiger partial charge in [-0.25, -0.2) is 0 Å². The zero-order chi connectivity index (χ0) is 12.9. The molecule has 1 saturated heterocycles. The molecule has 1 fully saturated rings. The van der Waals surface area contributed by atoms with Gasteiger partial charge < -0.3 is 5.32 Å². The number of terminal acetylenes is 1. The Kier molecular flexibility index (Phi) is 5.85. The summed E-state index contributed by atoms with van der Waals surface area (Å²) in [5.41, 5.74) is 0.338. The highest BCUT2D eigenvalue weighted by Gasteiger charge is 2.31. The molecule has 0 radical (unpaired) electrons. The quantitative estimate of drug-likeness (QED) is 0.611. The van der Waals surface area contributed by atoms with E-state index in [0.717, 1.165) is 31.1 Å². The van der Waals surface area contributed by atoms with Crippen LogP contribution in [0.15, 0.2) is 0 Å². The molecule has 17 heavy (non-hydrogen) atoms. The molecule has 1 rings (SSSR count). The van der Waals surface area contributed by atoms with Crippen molar-refractivity contribution < 1.29 is 0 Å². The number of hydrogen-bond donors (Lipinski definition) is 1. The number of hydrogen-bond acceptors (Lipinski definition) is 3. The van der Waals surface area contributed by atoms with E-state index < -0.39 is 0 Å². The monoisotopic (exact) mass is 254 g/mol. The van der Waals surface area contributed by atoms with E-state index in [0.29, 0.717) is 17.5 Å². The van der Waals surface area contributed by atoms with Crippen molar-refractivity contribution in [3.8, 4) is 12.3 Å². The van der Waals surface area contributed by atoms with Gasteiger partial charge in [-0.3, -0.25) is 4.90 Å². The summed E-state index contributed by atoms with van der Waals surface area (Å²) in [5, 5.41) is 3.66. The second kappa shape index (κ2) is 6.68. The van der Waals surface area contributed by atoms with Crippen LogP contribution in [0.4, 0.5) is 0 Å². The minimum atomic E-state index is 0.338. The van der Waals surface area contributed by atoms with Crippen LogP contribution in [0.25, 0.3) is 0 Å². The van der Waals surface area contributed by atoms with Crippen LogP contribution in [-0.2, 0) is 0 Å². The number of thioether (sulfide) groups is 1. The molecule has 98 valence electrons. The first-order chi connectivity index (χ1) is 7.95. The lowest BCUT2D eigenvalue weighted by molar-refractivity contribution is 0.0996. The van der Waals surface area contributed by atoms with Crippen LogP contribution in [0.3, 0.4) is 0 Å². The summed E-state index contributed by atoms with van der Waals surface area (Å²) in [5.74, 6) is 4.66. The topological polar surface area (TPSA) is 15.3 Å². The van der Waals surface area contributed by atoms with E-state index in [-0.39, 0.29) is 0 Å². The van der Waals surface area contributed by atoms with Crippen LogP contribution < -0.4 is 5.32 Å². The number of nitrogens with zero attached hydrogens (tertiary/aromatic N) is 1. The van der Waals surface area contributed by atoms with E-state index in [1.54, 1.807) is 0 Å². The van der Waals surface area contributed by atoms with Gasteiger partial charge in [-0.2, -0.15) is 0 Å². The van der Waals surface area contributed by atoms with Gasteiger partial charge in [0.05, 0.1) is 5.75 Å². The number of piperazine rings is 1. The molecule has 1 aliphatic heterocycles. The van der Waals surface area contributed by atoms with Gasteiger partial charge in [-0.05, 0) is 12.3 Å². The molecule has 1 heterocycles. The van der Waals surface area contributed by atoms with Gasteiger partial charge in [0.15, 0.2) is 0 Å². The summed E-state index contributed by atoms with van der Waals surface area (Å²) in [6.07, 6.45) is 5.26. The number of rotatable bonds is 4.